The van der Waals surface area contributed by atoms with Crippen LogP contribution in [0.5, 0.6) is 5.75 Å². The standard InChI is InChI=1S/C19H17F2NO4/c1-26-13-3-5-14(17(21)9-13)10-2-4-15(16(20)8-10)18(23)22-12-6-11(7-12)19(24)25/h2-5,8-9,11-12H,6-7H2,1H3,(H,22,23)(H,24,25). The molecule has 5 nitrogen and oxygen atoms in total. The Morgan fingerprint density at radius 3 is 2.42 bits per heavy atom. The molecule has 0 unspecified atom stereocenters. The van der Waals surface area contributed by atoms with Crippen LogP contribution in [0.4, 0.5) is 8.78 Å². The minimum atomic E-state index is -0.896. The van der Waals surface area contributed by atoms with E-state index in [0.717, 1.165) is 6.07 Å². The number of carboxylic acid groups (broad SMARTS) is 1. The molecule has 1 aliphatic rings. The zero-order valence-corrected chi connectivity index (χ0v) is 14.0. The van der Waals surface area contributed by atoms with E-state index in [2.05, 4.69) is 5.32 Å². The Kier molecular flexibility index (Phi) is 4.88. The first kappa shape index (κ1) is 17.8. The van der Waals surface area contributed by atoms with Crippen molar-refractivity contribution in [2.24, 2.45) is 5.92 Å². The van der Waals surface area contributed by atoms with Crippen LogP contribution in [0.25, 0.3) is 11.1 Å². The van der Waals surface area contributed by atoms with Crippen LogP contribution in [0.15, 0.2) is 36.4 Å². The lowest BCUT2D eigenvalue weighted by molar-refractivity contribution is -0.145. The second kappa shape index (κ2) is 7.11. The number of carbonyl (C=O) groups excluding carboxylic acids is 1. The molecule has 2 aromatic carbocycles. The summed E-state index contributed by atoms with van der Waals surface area (Å²) in [5, 5.41) is 11.4. The van der Waals surface area contributed by atoms with Gasteiger partial charge in [0.2, 0.25) is 0 Å². The Morgan fingerprint density at radius 2 is 1.85 bits per heavy atom. The monoisotopic (exact) mass is 361 g/mol. The minimum Gasteiger partial charge on any atom is -0.497 e. The van der Waals surface area contributed by atoms with E-state index in [4.69, 9.17) is 9.84 Å². The number of ether oxygens (including phenoxy) is 1. The number of carboxylic acids is 1. The van der Waals surface area contributed by atoms with E-state index in [1.165, 1.54) is 31.4 Å². The molecule has 3 rings (SSSR count). The first-order chi connectivity index (χ1) is 12.4. The van der Waals surface area contributed by atoms with Crippen molar-refractivity contribution in [3.8, 4) is 16.9 Å². The van der Waals surface area contributed by atoms with Crippen LogP contribution in [-0.4, -0.2) is 30.1 Å². The highest BCUT2D eigenvalue weighted by Gasteiger charge is 2.35. The molecule has 26 heavy (non-hydrogen) atoms. The van der Waals surface area contributed by atoms with Gasteiger partial charge in [-0.1, -0.05) is 6.07 Å². The molecule has 1 fully saturated rings. The summed E-state index contributed by atoms with van der Waals surface area (Å²) >= 11 is 0. The number of methoxy groups -OCH3 is 1. The molecule has 1 saturated carbocycles. The van der Waals surface area contributed by atoms with Crippen molar-refractivity contribution in [1.82, 2.24) is 5.32 Å². The third-order valence-electron chi connectivity index (χ3n) is 4.52. The van der Waals surface area contributed by atoms with Crippen molar-refractivity contribution in [2.75, 3.05) is 7.11 Å². The Labute approximate surface area is 148 Å². The van der Waals surface area contributed by atoms with E-state index in [1.807, 2.05) is 0 Å². The normalized spacial score (nSPS) is 18.7. The lowest BCUT2D eigenvalue weighted by atomic mass is 9.80. The smallest absolute Gasteiger partial charge is 0.306 e. The summed E-state index contributed by atoms with van der Waals surface area (Å²) in [6.45, 7) is 0. The van der Waals surface area contributed by atoms with Gasteiger partial charge in [-0.25, -0.2) is 8.78 Å². The first-order valence-electron chi connectivity index (χ1n) is 8.06. The number of nitrogens with one attached hydrogen (secondary N) is 1. The van der Waals surface area contributed by atoms with Crippen LogP contribution in [0, 0.1) is 17.6 Å². The van der Waals surface area contributed by atoms with Gasteiger partial charge >= 0.3 is 5.97 Å². The number of rotatable bonds is 5. The number of hydrogen-bond donors (Lipinski definition) is 2. The van der Waals surface area contributed by atoms with Gasteiger partial charge in [0.25, 0.3) is 5.91 Å². The predicted octanol–water partition coefficient (Wildman–Crippen LogP) is 3.23. The summed E-state index contributed by atoms with van der Waals surface area (Å²) in [7, 11) is 1.42. The van der Waals surface area contributed by atoms with Crippen molar-refractivity contribution in [2.45, 2.75) is 18.9 Å². The van der Waals surface area contributed by atoms with Crippen molar-refractivity contribution in [3.05, 3.63) is 53.6 Å². The molecule has 0 atom stereocenters. The molecule has 2 N–H and O–H groups in total. The quantitative estimate of drug-likeness (QED) is 0.857. The fourth-order valence-electron chi connectivity index (χ4n) is 2.92. The molecule has 1 amide bonds. The summed E-state index contributed by atoms with van der Waals surface area (Å²) in [5.41, 5.74) is 0.329. The maximum absolute atomic E-state index is 14.3. The van der Waals surface area contributed by atoms with E-state index in [-0.39, 0.29) is 17.2 Å². The average Bonchev–Trinajstić information content (AvgIpc) is 2.56. The lowest BCUT2D eigenvalue weighted by Gasteiger charge is -2.32. The van der Waals surface area contributed by atoms with Crippen LogP contribution in [0.1, 0.15) is 23.2 Å². The Hall–Kier alpha value is -2.96. The van der Waals surface area contributed by atoms with Crippen LogP contribution in [0.3, 0.4) is 0 Å². The fraction of sp³-hybridized carbons (Fsp3) is 0.263. The van der Waals surface area contributed by atoms with Gasteiger partial charge in [0.05, 0.1) is 18.6 Å². The van der Waals surface area contributed by atoms with Crippen LogP contribution >= 0.6 is 0 Å². The maximum atomic E-state index is 14.3. The number of hydrogen-bond acceptors (Lipinski definition) is 3. The second-order valence-corrected chi connectivity index (χ2v) is 6.22. The summed E-state index contributed by atoms with van der Waals surface area (Å²) in [6.07, 6.45) is 0.662. The van der Waals surface area contributed by atoms with Gasteiger partial charge in [-0.15, -0.1) is 0 Å². The number of amides is 1. The van der Waals surface area contributed by atoms with Gasteiger partial charge in [-0.2, -0.15) is 0 Å². The van der Waals surface area contributed by atoms with Crippen LogP contribution in [-0.2, 0) is 4.79 Å². The number of benzene rings is 2. The molecule has 1 aliphatic carbocycles. The Morgan fingerprint density at radius 1 is 1.12 bits per heavy atom. The lowest BCUT2D eigenvalue weighted by Crippen LogP contribution is -2.46. The molecule has 136 valence electrons. The third kappa shape index (κ3) is 3.51. The highest BCUT2D eigenvalue weighted by Crippen LogP contribution is 2.29. The number of aliphatic carboxylic acids is 1. The third-order valence-corrected chi connectivity index (χ3v) is 4.52. The van der Waals surface area contributed by atoms with Gasteiger partial charge < -0.3 is 15.2 Å². The molecular formula is C19H17F2NO4. The summed E-state index contributed by atoms with van der Waals surface area (Å²) in [6, 6.07) is 7.81. The van der Waals surface area contributed by atoms with Crippen molar-refractivity contribution in [3.63, 3.8) is 0 Å². The Bertz CT molecular complexity index is 863. The summed E-state index contributed by atoms with van der Waals surface area (Å²) in [5.74, 6) is -2.96. The largest absolute Gasteiger partial charge is 0.497 e. The van der Waals surface area contributed by atoms with Gasteiger partial charge in [0, 0.05) is 17.7 Å². The topological polar surface area (TPSA) is 75.6 Å². The average molecular weight is 361 g/mol. The van der Waals surface area contributed by atoms with Gasteiger partial charge in [0.15, 0.2) is 0 Å². The van der Waals surface area contributed by atoms with E-state index in [0.29, 0.717) is 24.2 Å². The summed E-state index contributed by atoms with van der Waals surface area (Å²) in [4.78, 5) is 22.9. The zero-order chi connectivity index (χ0) is 18.8. The van der Waals surface area contributed by atoms with E-state index in [1.54, 1.807) is 6.07 Å². The molecular weight excluding hydrogens is 344 g/mol. The molecule has 2 aromatic rings. The number of halogens is 2. The van der Waals surface area contributed by atoms with Crippen LogP contribution < -0.4 is 10.1 Å². The minimum absolute atomic E-state index is 0.165. The van der Waals surface area contributed by atoms with E-state index >= 15 is 0 Å². The maximum Gasteiger partial charge on any atom is 0.306 e. The highest BCUT2D eigenvalue weighted by atomic mass is 19.1. The Balaban J connectivity index is 1.73. The fourth-order valence-corrected chi connectivity index (χ4v) is 2.92. The predicted molar refractivity (Wildman–Crippen MR) is 90.0 cm³/mol. The zero-order valence-electron chi connectivity index (χ0n) is 14.0. The van der Waals surface area contributed by atoms with Gasteiger partial charge in [-0.3, -0.25) is 9.59 Å². The molecule has 0 radical (unpaired) electrons. The first-order valence-corrected chi connectivity index (χ1v) is 8.06. The van der Waals surface area contributed by atoms with Gasteiger partial charge in [0.1, 0.15) is 17.4 Å². The SMILES string of the molecule is COc1ccc(-c2ccc(C(=O)NC3CC(C(=O)O)C3)c(F)c2)c(F)c1. The molecule has 0 saturated heterocycles. The molecule has 0 aliphatic heterocycles. The van der Waals surface area contributed by atoms with E-state index < -0.39 is 29.4 Å². The van der Waals surface area contributed by atoms with E-state index in [9.17, 15) is 18.4 Å². The second-order valence-electron chi connectivity index (χ2n) is 6.22. The van der Waals surface area contributed by atoms with Crippen LogP contribution in [0.2, 0.25) is 0 Å². The summed E-state index contributed by atoms with van der Waals surface area (Å²) < 4.78 is 33.4. The highest BCUT2D eigenvalue weighted by molar-refractivity contribution is 5.95. The molecule has 0 aromatic heterocycles. The number of carbonyl (C=O) groups is 2. The van der Waals surface area contributed by atoms with Gasteiger partial charge in [-0.05, 0) is 42.7 Å². The molecule has 7 heteroatoms. The van der Waals surface area contributed by atoms with Crippen molar-refractivity contribution < 1.29 is 28.2 Å². The molecule has 0 bridgehead atoms. The van der Waals surface area contributed by atoms with Crippen molar-refractivity contribution in [1.29, 1.82) is 0 Å². The molecule has 0 heterocycles. The van der Waals surface area contributed by atoms with Crippen molar-refractivity contribution >= 4 is 11.9 Å². The molecule has 0 spiro atoms.